The molecule has 0 atom stereocenters. The van der Waals surface area contributed by atoms with Crippen LogP contribution in [-0.2, 0) is 0 Å². The van der Waals surface area contributed by atoms with E-state index in [9.17, 15) is 5.11 Å². The van der Waals surface area contributed by atoms with E-state index in [0.29, 0.717) is 23.7 Å². The minimum Gasteiger partial charge on any atom is -0.512 e. The molecular formula is C23H18N2O3S. The van der Waals surface area contributed by atoms with Crippen molar-refractivity contribution in [1.29, 1.82) is 0 Å². The standard InChI is InChI=1S/C23H18N2O3S/c1-15(26)14-29-23-13-21(24-25-23)22-10-9-19(28-22)7-4-16-3-5-18-12-20(27-2)8-6-17(18)11-16/h3,5-6,8-12,26H,1,13-14H2,2H3. The molecule has 0 saturated heterocycles. The number of nitrogens with zero attached hydrogens (tertiary/aromatic N) is 2. The SMILES string of the molecule is C=C(O)CSC1=NN=C(c2ccc(C#Cc3ccc4cc(OC)ccc4c3)o2)C1. The summed E-state index contributed by atoms with van der Waals surface area (Å²) in [4.78, 5) is 0. The quantitative estimate of drug-likeness (QED) is 0.484. The Balaban J connectivity index is 1.45. The first-order valence-electron chi connectivity index (χ1n) is 8.94. The zero-order valence-electron chi connectivity index (χ0n) is 15.8. The summed E-state index contributed by atoms with van der Waals surface area (Å²) < 4.78 is 11.1. The molecule has 0 fully saturated rings. The van der Waals surface area contributed by atoms with E-state index in [1.54, 1.807) is 7.11 Å². The van der Waals surface area contributed by atoms with Crippen molar-refractivity contribution < 1.29 is 14.3 Å². The molecule has 1 aliphatic heterocycles. The Hall–Kier alpha value is -3.43. The highest BCUT2D eigenvalue weighted by molar-refractivity contribution is 8.14. The van der Waals surface area contributed by atoms with Crippen LogP contribution < -0.4 is 4.74 Å². The Morgan fingerprint density at radius 1 is 1.14 bits per heavy atom. The molecule has 0 aliphatic carbocycles. The van der Waals surface area contributed by atoms with Crippen LogP contribution >= 0.6 is 11.8 Å². The van der Waals surface area contributed by atoms with Gasteiger partial charge in [-0.3, -0.25) is 0 Å². The molecular weight excluding hydrogens is 384 g/mol. The van der Waals surface area contributed by atoms with Crippen molar-refractivity contribution >= 4 is 33.3 Å². The molecule has 0 bridgehead atoms. The summed E-state index contributed by atoms with van der Waals surface area (Å²) in [6, 6.07) is 15.7. The first-order valence-corrected chi connectivity index (χ1v) is 9.92. The number of hydrogen-bond donors (Lipinski definition) is 1. The van der Waals surface area contributed by atoms with Crippen molar-refractivity contribution in [2.75, 3.05) is 12.9 Å². The molecule has 3 aromatic rings. The van der Waals surface area contributed by atoms with Crippen LogP contribution in [0.2, 0.25) is 0 Å². The second kappa shape index (κ2) is 8.29. The third-order valence-corrected chi connectivity index (χ3v) is 5.31. The fourth-order valence-corrected chi connectivity index (χ4v) is 3.51. The van der Waals surface area contributed by atoms with E-state index in [-0.39, 0.29) is 5.76 Å². The number of furan rings is 1. The van der Waals surface area contributed by atoms with Gasteiger partial charge in [0.25, 0.3) is 0 Å². The number of benzene rings is 2. The highest BCUT2D eigenvalue weighted by Crippen LogP contribution is 2.22. The summed E-state index contributed by atoms with van der Waals surface area (Å²) in [6.07, 6.45) is 0.576. The number of thioether (sulfide) groups is 1. The van der Waals surface area contributed by atoms with Crippen LogP contribution in [-0.4, -0.2) is 28.7 Å². The fraction of sp³-hybridized carbons (Fsp3) is 0.130. The van der Waals surface area contributed by atoms with Crippen molar-refractivity contribution in [1.82, 2.24) is 0 Å². The van der Waals surface area contributed by atoms with E-state index >= 15 is 0 Å². The highest BCUT2D eigenvalue weighted by atomic mass is 32.2. The molecule has 0 radical (unpaired) electrons. The van der Waals surface area contributed by atoms with Gasteiger partial charge in [0.1, 0.15) is 16.5 Å². The highest BCUT2D eigenvalue weighted by Gasteiger charge is 2.18. The van der Waals surface area contributed by atoms with Gasteiger partial charge in [-0.25, -0.2) is 0 Å². The van der Waals surface area contributed by atoms with Gasteiger partial charge in [0, 0.05) is 12.0 Å². The van der Waals surface area contributed by atoms with Crippen molar-refractivity contribution in [3.05, 3.63) is 78.0 Å². The maximum Gasteiger partial charge on any atom is 0.177 e. The monoisotopic (exact) mass is 402 g/mol. The van der Waals surface area contributed by atoms with Gasteiger partial charge in [-0.15, -0.1) is 16.9 Å². The van der Waals surface area contributed by atoms with E-state index < -0.39 is 0 Å². The van der Waals surface area contributed by atoms with Crippen molar-refractivity contribution in [2.45, 2.75) is 6.42 Å². The molecule has 2 heterocycles. The molecule has 0 unspecified atom stereocenters. The second-order valence-corrected chi connectivity index (χ2v) is 7.46. The number of ether oxygens (including phenoxy) is 1. The molecule has 0 spiro atoms. The molecule has 29 heavy (non-hydrogen) atoms. The molecule has 144 valence electrons. The lowest BCUT2D eigenvalue weighted by Gasteiger charge is -2.02. The van der Waals surface area contributed by atoms with Gasteiger partial charge in [-0.1, -0.05) is 24.6 Å². The third kappa shape index (κ3) is 4.53. The summed E-state index contributed by atoms with van der Waals surface area (Å²) >= 11 is 1.42. The van der Waals surface area contributed by atoms with Crippen LogP contribution in [0.1, 0.15) is 23.5 Å². The number of fused-ring (bicyclic) bond motifs is 1. The summed E-state index contributed by atoms with van der Waals surface area (Å²) in [7, 11) is 1.66. The predicted octanol–water partition coefficient (Wildman–Crippen LogP) is 5.15. The minimum absolute atomic E-state index is 0.120. The number of hydrogen-bond acceptors (Lipinski definition) is 6. The molecule has 0 saturated carbocycles. The third-order valence-electron chi connectivity index (χ3n) is 4.27. The molecule has 5 nitrogen and oxygen atoms in total. The number of rotatable bonds is 4. The van der Waals surface area contributed by atoms with Gasteiger partial charge >= 0.3 is 0 Å². The average Bonchev–Trinajstić information content (AvgIpc) is 3.39. The van der Waals surface area contributed by atoms with E-state index in [4.69, 9.17) is 9.15 Å². The largest absolute Gasteiger partial charge is 0.512 e. The Morgan fingerprint density at radius 2 is 1.97 bits per heavy atom. The Kier molecular flexibility index (Phi) is 5.41. The number of methoxy groups -OCH3 is 1. The second-order valence-electron chi connectivity index (χ2n) is 6.41. The predicted molar refractivity (Wildman–Crippen MR) is 118 cm³/mol. The summed E-state index contributed by atoms with van der Waals surface area (Å²) in [6.45, 7) is 3.47. The van der Waals surface area contributed by atoms with E-state index in [1.165, 1.54) is 11.8 Å². The Bertz CT molecular complexity index is 1210. The molecule has 2 aromatic carbocycles. The van der Waals surface area contributed by atoms with Gasteiger partial charge < -0.3 is 14.3 Å². The molecule has 4 rings (SSSR count). The lowest BCUT2D eigenvalue weighted by molar-refractivity contribution is 0.415. The Morgan fingerprint density at radius 3 is 2.79 bits per heavy atom. The number of aliphatic hydroxyl groups excluding tert-OH is 1. The van der Waals surface area contributed by atoms with Crippen LogP contribution in [0.5, 0.6) is 5.75 Å². The summed E-state index contributed by atoms with van der Waals surface area (Å²) in [5.41, 5.74) is 1.66. The van der Waals surface area contributed by atoms with Crippen LogP contribution in [0.15, 0.2) is 75.5 Å². The zero-order valence-corrected chi connectivity index (χ0v) is 16.6. The van der Waals surface area contributed by atoms with Gasteiger partial charge in [-0.2, -0.15) is 5.10 Å². The van der Waals surface area contributed by atoms with Gasteiger partial charge in [0.2, 0.25) is 0 Å². The smallest absolute Gasteiger partial charge is 0.177 e. The van der Waals surface area contributed by atoms with Gasteiger partial charge in [0.15, 0.2) is 11.5 Å². The van der Waals surface area contributed by atoms with Gasteiger partial charge in [0.05, 0.1) is 18.6 Å². The van der Waals surface area contributed by atoms with E-state index in [2.05, 4.69) is 28.6 Å². The summed E-state index contributed by atoms with van der Waals surface area (Å²) in [5.74, 6) is 8.79. The van der Waals surface area contributed by atoms with Gasteiger partial charge in [-0.05, 0) is 53.1 Å². The van der Waals surface area contributed by atoms with Crippen molar-refractivity contribution in [2.24, 2.45) is 10.2 Å². The average molecular weight is 402 g/mol. The minimum atomic E-state index is 0.120. The maximum atomic E-state index is 9.19. The normalized spacial score (nSPS) is 12.9. The molecule has 1 N–H and O–H groups in total. The molecule has 0 amide bonds. The topological polar surface area (TPSA) is 67.3 Å². The summed E-state index contributed by atoms with van der Waals surface area (Å²) in [5, 5.41) is 20.5. The number of aliphatic hydroxyl groups is 1. The Labute approximate surface area is 172 Å². The molecule has 6 heteroatoms. The molecule has 1 aromatic heterocycles. The lowest BCUT2D eigenvalue weighted by Crippen LogP contribution is -2.01. The maximum absolute atomic E-state index is 9.19. The van der Waals surface area contributed by atoms with E-state index in [1.807, 2.05) is 48.5 Å². The van der Waals surface area contributed by atoms with Crippen LogP contribution in [0.4, 0.5) is 0 Å². The van der Waals surface area contributed by atoms with Crippen molar-refractivity contribution in [3.63, 3.8) is 0 Å². The van der Waals surface area contributed by atoms with Crippen LogP contribution in [0.25, 0.3) is 10.8 Å². The molecule has 1 aliphatic rings. The first-order chi connectivity index (χ1) is 14.1. The zero-order chi connectivity index (χ0) is 20.2. The van der Waals surface area contributed by atoms with Crippen LogP contribution in [0.3, 0.4) is 0 Å². The van der Waals surface area contributed by atoms with Crippen LogP contribution in [0, 0.1) is 11.8 Å². The lowest BCUT2D eigenvalue weighted by atomic mass is 10.1. The fourth-order valence-electron chi connectivity index (χ4n) is 2.84. The first kappa shape index (κ1) is 18.9. The van der Waals surface area contributed by atoms with Crippen molar-refractivity contribution in [3.8, 4) is 17.6 Å². The van der Waals surface area contributed by atoms with E-state index in [0.717, 1.165) is 32.8 Å².